The van der Waals surface area contributed by atoms with E-state index in [0.717, 1.165) is 54.4 Å². The summed E-state index contributed by atoms with van der Waals surface area (Å²) in [5.74, 6) is 0.642. The fraction of sp³-hybridized carbons (Fsp3) is 0.571. The van der Waals surface area contributed by atoms with Gasteiger partial charge in [0.05, 0.1) is 11.7 Å². The number of amides is 1. The molecule has 0 aromatic carbocycles. The highest BCUT2D eigenvalue weighted by molar-refractivity contribution is 7.18. The molecule has 27 heavy (non-hydrogen) atoms. The summed E-state index contributed by atoms with van der Waals surface area (Å²) in [6.45, 7) is 4.96. The largest absolute Gasteiger partial charge is 0.315 e. The van der Waals surface area contributed by atoms with Crippen molar-refractivity contribution in [2.75, 3.05) is 6.54 Å². The summed E-state index contributed by atoms with van der Waals surface area (Å²) in [5, 5.41) is 0.747. The van der Waals surface area contributed by atoms with Crippen LogP contribution in [0.3, 0.4) is 0 Å². The molecule has 0 spiro atoms. The van der Waals surface area contributed by atoms with E-state index < -0.39 is 0 Å². The van der Waals surface area contributed by atoms with Crippen LogP contribution in [-0.2, 0) is 24.2 Å². The van der Waals surface area contributed by atoms with E-state index in [2.05, 4.69) is 18.0 Å². The Morgan fingerprint density at radius 3 is 2.96 bits per heavy atom. The molecule has 1 amide bonds. The Labute approximate surface area is 163 Å². The van der Waals surface area contributed by atoms with E-state index in [-0.39, 0.29) is 18.0 Å². The number of carbonyl (C=O) groups is 1. The van der Waals surface area contributed by atoms with E-state index in [0.29, 0.717) is 12.5 Å². The second-order valence-corrected chi connectivity index (χ2v) is 8.87. The van der Waals surface area contributed by atoms with Gasteiger partial charge in [-0.05, 0) is 63.4 Å². The second-order valence-electron chi connectivity index (χ2n) is 7.79. The summed E-state index contributed by atoms with van der Waals surface area (Å²) in [7, 11) is 0. The van der Waals surface area contributed by atoms with Gasteiger partial charge in [-0.15, -0.1) is 11.3 Å². The maximum absolute atomic E-state index is 13.1. The van der Waals surface area contributed by atoms with Crippen molar-refractivity contribution in [2.45, 2.75) is 65.3 Å². The van der Waals surface area contributed by atoms with Crippen molar-refractivity contribution in [3.8, 4) is 0 Å². The predicted molar refractivity (Wildman–Crippen MR) is 109 cm³/mol. The molecule has 0 fully saturated rings. The first kappa shape index (κ1) is 18.4. The summed E-state index contributed by atoms with van der Waals surface area (Å²) < 4.78 is 1.50. The molecule has 0 N–H and O–H groups in total. The molecule has 0 saturated heterocycles. The highest BCUT2D eigenvalue weighted by atomic mass is 32.1. The highest BCUT2D eigenvalue weighted by Gasteiger charge is 2.24. The molecule has 0 bridgehead atoms. The molecular weight excluding hydrogens is 358 g/mol. The minimum absolute atomic E-state index is 0.0216. The number of aryl methyl sites for hydroxylation is 1. The van der Waals surface area contributed by atoms with E-state index >= 15 is 0 Å². The summed E-state index contributed by atoms with van der Waals surface area (Å²) in [4.78, 5) is 34.5. The summed E-state index contributed by atoms with van der Waals surface area (Å²) in [5.41, 5.74) is 2.22. The average Bonchev–Trinajstić information content (AvgIpc) is 3.03. The van der Waals surface area contributed by atoms with Gasteiger partial charge in [-0.25, -0.2) is 4.98 Å². The molecule has 1 atom stereocenters. The van der Waals surface area contributed by atoms with Crippen molar-refractivity contribution >= 4 is 27.5 Å². The summed E-state index contributed by atoms with van der Waals surface area (Å²) in [6.07, 6.45) is 11.1. The normalized spacial score (nSPS) is 19.6. The number of likely N-dealkylation sites (N-methyl/N-ethyl adjacent to an activating group) is 1. The SMILES string of the molecule is CCN(C(=O)Cn1cnc2sc3c(c2c1=O)CCC(C)C3)C1=CCCCC1. The number of nitrogens with zero attached hydrogens (tertiary/aromatic N) is 3. The minimum atomic E-state index is -0.0610. The number of hydrogen-bond donors (Lipinski definition) is 0. The number of carbonyl (C=O) groups excluding carboxylic acids is 1. The highest BCUT2D eigenvalue weighted by Crippen LogP contribution is 2.35. The molecule has 2 aliphatic rings. The zero-order valence-corrected chi connectivity index (χ0v) is 17.0. The topological polar surface area (TPSA) is 55.2 Å². The third-order valence-electron chi connectivity index (χ3n) is 5.82. The number of hydrogen-bond acceptors (Lipinski definition) is 4. The Bertz CT molecular complexity index is 956. The van der Waals surface area contributed by atoms with Crippen LogP contribution in [0.5, 0.6) is 0 Å². The van der Waals surface area contributed by atoms with Crippen LogP contribution < -0.4 is 5.56 Å². The average molecular weight is 386 g/mol. The maximum Gasteiger partial charge on any atom is 0.262 e. The molecule has 2 aromatic heterocycles. The molecule has 0 saturated carbocycles. The van der Waals surface area contributed by atoms with Crippen LogP contribution in [0.15, 0.2) is 22.9 Å². The second kappa shape index (κ2) is 7.58. The first-order valence-electron chi connectivity index (χ1n) is 10.1. The first-order chi connectivity index (χ1) is 13.1. The fourth-order valence-electron chi connectivity index (χ4n) is 4.32. The lowest BCUT2D eigenvalue weighted by Gasteiger charge is -2.26. The van der Waals surface area contributed by atoms with E-state index in [1.54, 1.807) is 17.7 Å². The lowest BCUT2D eigenvalue weighted by molar-refractivity contribution is -0.130. The number of thiophene rings is 1. The molecule has 0 radical (unpaired) electrons. The van der Waals surface area contributed by atoms with Gasteiger partial charge < -0.3 is 4.90 Å². The van der Waals surface area contributed by atoms with Gasteiger partial charge in [0.15, 0.2) is 0 Å². The molecule has 2 heterocycles. The number of fused-ring (bicyclic) bond motifs is 3. The lowest BCUT2D eigenvalue weighted by Crippen LogP contribution is -2.36. The van der Waals surface area contributed by atoms with Gasteiger partial charge in [0.2, 0.25) is 5.91 Å². The van der Waals surface area contributed by atoms with Gasteiger partial charge in [-0.1, -0.05) is 13.0 Å². The van der Waals surface area contributed by atoms with E-state index in [1.807, 2.05) is 11.8 Å². The zero-order chi connectivity index (χ0) is 19.0. The summed E-state index contributed by atoms with van der Waals surface area (Å²) in [6, 6.07) is 0. The van der Waals surface area contributed by atoms with E-state index in [1.165, 1.54) is 21.4 Å². The van der Waals surface area contributed by atoms with Crippen LogP contribution in [0.25, 0.3) is 10.2 Å². The maximum atomic E-state index is 13.1. The van der Waals surface area contributed by atoms with Gasteiger partial charge in [-0.3, -0.25) is 14.2 Å². The van der Waals surface area contributed by atoms with Crippen LogP contribution in [0, 0.1) is 5.92 Å². The van der Waals surface area contributed by atoms with Crippen molar-refractivity contribution < 1.29 is 4.79 Å². The van der Waals surface area contributed by atoms with Crippen molar-refractivity contribution in [1.82, 2.24) is 14.5 Å². The van der Waals surface area contributed by atoms with Gasteiger partial charge in [-0.2, -0.15) is 0 Å². The standard InChI is InChI=1S/C21H27N3O2S/c1-3-24(15-7-5-4-6-8-15)18(25)12-23-13-22-20-19(21(23)26)16-10-9-14(2)11-17(16)27-20/h7,13-14H,3-6,8-12H2,1-2H3. The Morgan fingerprint density at radius 1 is 1.37 bits per heavy atom. The first-order valence-corrected chi connectivity index (χ1v) is 10.9. The third-order valence-corrected chi connectivity index (χ3v) is 6.98. The molecule has 4 rings (SSSR count). The quantitative estimate of drug-likeness (QED) is 0.802. The minimum Gasteiger partial charge on any atom is -0.315 e. The molecule has 2 aliphatic carbocycles. The van der Waals surface area contributed by atoms with Crippen molar-refractivity contribution in [3.63, 3.8) is 0 Å². The third kappa shape index (κ3) is 3.47. The van der Waals surface area contributed by atoms with E-state index in [9.17, 15) is 9.59 Å². The van der Waals surface area contributed by atoms with Crippen LogP contribution >= 0.6 is 11.3 Å². The molecule has 144 valence electrons. The Kier molecular flexibility index (Phi) is 5.17. The Hall–Kier alpha value is -1.95. The number of allylic oxidation sites excluding steroid dienone is 2. The zero-order valence-electron chi connectivity index (χ0n) is 16.2. The predicted octanol–water partition coefficient (Wildman–Crippen LogP) is 3.89. The lowest BCUT2D eigenvalue weighted by atomic mass is 9.89. The van der Waals surface area contributed by atoms with Crippen LogP contribution in [0.2, 0.25) is 0 Å². The van der Waals surface area contributed by atoms with E-state index in [4.69, 9.17) is 0 Å². The monoisotopic (exact) mass is 385 g/mol. The molecule has 1 unspecified atom stereocenters. The fourth-order valence-corrected chi connectivity index (χ4v) is 5.66. The van der Waals surface area contributed by atoms with Gasteiger partial charge >= 0.3 is 0 Å². The van der Waals surface area contributed by atoms with Crippen LogP contribution in [0.1, 0.15) is 56.4 Å². The smallest absolute Gasteiger partial charge is 0.262 e. The van der Waals surface area contributed by atoms with Gasteiger partial charge in [0, 0.05) is 17.1 Å². The molecular formula is C21H27N3O2S. The van der Waals surface area contributed by atoms with Crippen LogP contribution in [-0.4, -0.2) is 26.9 Å². The molecule has 0 aliphatic heterocycles. The van der Waals surface area contributed by atoms with Crippen LogP contribution in [0.4, 0.5) is 0 Å². The van der Waals surface area contributed by atoms with Crippen molar-refractivity contribution in [3.05, 3.63) is 38.9 Å². The Morgan fingerprint density at radius 2 is 2.22 bits per heavy atom. The summed E-state index contributed by atoms with van der Waals surface area (Å²) >= 11 is 1.65. The van der Waals surface area contributed by atoms with Gasteiger partial charge in [0.1, 0.15) is 11.4 Å². The van der Waals surface area contributed by atoms with Crippen molar-refractivity contribution in [1.29, 1.82) is 0 Å². The van der Waals surface area contributed by atoms with Crippen molar-refractivity contribution in [2.24, 2.45) is 5.92 Å². The number of aromatic nitrogens is 2. The Balaban J connectivity index is 1.64. The molecule has 5 nitrogen and oxygen atoms in total. The molecule has 2 aromatic rings. The van der Waals surface area contributed by atoms with Gasteiger partial charge in [0.25, 0.3) is 5.56 Å². The molecule has 6 heteroatoms. The number of rotatable bonds is 4.